The third-order valence-electron chi connectivity index (χ3n) is 4.51. The van der Waals surface area contributed by atoms with Crippen LogP contribution in [0.15, 0.2) is 48.5 Å². The van der Waals surface area contributed by atoms with Gasteiger partial charge in [0.2, 0.25) is 0 Å². The van der Waals surface area contributed by atoms with E-state index in [9.17, 15) is 9.18 Å². The molecular weight excluding hydrogens is 307 g/mol. The van der Waals surface area contributed by atoms with Crippen molar-refractivity contribution in [3.05, 3.63) is 71.0 Å². The second-order valence-corrected chi connectivity index (χ2v) is 6.17. The molecule has 5 heteroatoms. The van der Waals surface area contributed by atoms with E-state index in [4.69, 9.17) is 4.74 Å². The minimum atomic E-state index is -0.392. The lowest BCUT2D eigenvalue weighted by atomic mass is 10.0. The van der Waals surface area contributed by atoms with Crippen molar-refractivity contribution in [1.82, 2.24) is 10.6 Å². The van der Waals surface area contributed by atoms with Gasteiger partial charge < -0.3 is 15.4 Å². The summed E-state index contributed by atoms with van der Waals surface area (Å²) in [5.74, 6) is -0.286. The average molecular weight is 328 g/mol. The van der Waals surface area contributed by atoms with Crippen LogP contribution in [0.2, 0.25) is 0 Å². The van der Waals surface area contributed by atoms with Gasteiger partial charge in [-0.1, -0.05) is 36.4 Å². The highest BCUT2D eigenvalue weighted by Crippen LogP contribution is 2.31. The molecule has 0 aliphatic heterocycles. The van der Waals surface area contributed by atoms with Crippen LogP contribution >= 0.6 is 0 Å². The molecular formula is C19H21FN2O2. The van der Waals surface area contributed by atoms with E-state index in [-0.39, 0.29) is 11.8 Å². The van der Waals surface area contributed by atoms with Crippen molar-refractivity contribution in [2.24, 2.45) is 0 Å². The lowest BCUT2D eigenvalue weighted by Crippen LogP contribution is -2.48. The highest BCUT2D eigenvalue weighted by Gasteiger charge is 2.37. The first kappa shape index (κ1) is 16.5. The zero-order chi connectivity index (χ0) is 17.0. The van der Waals surface area contributed by atoms with Gasteiger partial charge in [-0.25, -0.2) is 9.18 Å². The van der Waals surface area contributed by atoms with Crippen molar-refractivity contribution < 1.29 is 13.9 Å². The summed E-state index contributed by atoms with van der Waals surface area (Å²) >= 11 is 0. The van der Waals surface area contributed by atoms with Gasteiger partial charge in [0.1, 0.15) is 5.82 Å². The number of methoxy groups -OCH3 is 1. The minimum absolute atomic E-state index is 0.258. The number of hydrogen-bond acceptors (Lipinski definition) is 2. The molecule has 2 amide bonds. The number of carbonyl (C=O) groups is 1. The summed E-state index contributed by atoms with van der Waals surface area (Å²) in [5.41, 5.74) is 3.00. The van der Waals surface area contributed by atoms with E-state index in [1.165, 1.54) is 23.3 Å². The number of benzene rings is 2. The Morgan fingerprint density at radius 2 is 1.71 bits per heavy atom. The first-order valence-electron chi connectivity index (χ1n) is 7.98. The highest BCUT2D eigenvalue weighted by molar-refractivity contribution is 5.74. The van der Waals surface area contributed by atoms with E-state index < -0.39 is 5.60 Å². The maximum atomic E-state index is 12.9. The summed E-state index contributed by atoms with van der Waals surface area (Å²) in [6, 6.07) is 14.1. The third kappa shape index (κ3) is 3.74. The smallest absolute Gasteiger partial charge is 0.315 e. The van der Waals surface area contributed by atoms with Gasteiger partial charge in [0.25, 0.3) is 0 Å². The van der Waals surface area contributed by atoms with Crippen molar-refractivity contribution in [3.8, 4) is 0 Å². The van der Waals surface area contributed by atoms with Gasteiger partial charge in [0, 0.05) is 33.0 Å². The number of carbonyl (C=O) groups excluding carboxylic acids is 1. The summed E-state index contributed by atoms with van der Waals surface area (Å²) in [6.07, 6.45) is 1.58. The van der Waals surface area contributed by atoms with Crippen LogP contribution in [0.3, 0.4) is 0 Å². The largest absolute Gasteiger partial charge is 0.376 e. The van der Waals surface area contributed by atoms with Crippen LogP contribution in [-0.4, -0.2) is 25.3 Å². The molecule has 0 heterocycles. The molecule has 0 saturated carbocycles. The fraction of sp³-hybridized carbons (Fsp3) is 0.316. The van der Waals surface area contributed by atoms with Gasteiger partial charge >= 0.3 is 6.03 Å². The molecule has 1 aliphatic carbocycles. The number of fused-ring (bicyclic) bond motifs is 1. The van der Waals surface area contributed by atoms with Crippen LogP contribution < -0.4 is 10.6 Å². The van der Waals surface area contributed by atoms with E-state index in [1.807, 2.05) is 12.1 Å². The van der Waals surface area contributed by atoms with Gasteiger partial charge in [-0.05, 0) is 28.8 Å². The number of amides is 2. The van der Waals surface area contributed by atoms with Crippen LogP contribution in [0.25, 0.3) is 0 Å². The molecule has 126 valence electrons. The molecule has 24 heavy (non-hydrogen) atoms. The minimum Gasteiger partial charge on any atom is -0.376 e. The van der Waals surface area contributed by atoms with E-state index in [2.05, 4.69) is 22.8 Å². The molecule has 0 spiro atoms. The molecule has 2 N–H and O–H groups in total. The molecule has 0 bridgehead atoms. The lowest BCUT2D eigenvalue weighted by molar-refractivity contribution is 0.00177. The van der Waals surface area contributed by atoms with Crippen LogP contribution in [0.5, 0.6) is 0 Å². The molecule has 2 aromatic carbocycles. The summed E-state index contributed by atoms with van der Waals surface area (Å²) in [5, 5.41) is 5.66. The number of rotatable bonds is 5. The first-order valence-corrected chi connectivity index (χ1v) is 7.98. The quantitative estimate of drug-likeness (QED) is 0.887. The third-order valence-corrected chi connectivity index (χ3v) is 4.51. The van der Waals surface area contributed by atoms with E-state index in [0.717, 1.165) is 18.4 Å². The standard InChI is InChI=1S/C19H21FN2O2/c1-24-19(10-15-4-2-3-5-16(15)11-19)13-22-18(23)21-12-14-6-8-17(20)9-7-14/h2-9H,10-13H2,1H3,(H2,21,22,23). The molecule has 0 atom stereocenters. The van der Waals surface area contributed by atoms with Crippen LogP contribution in [-0.2, 0) is 24.1 Å². The Labute approximate surface area is 141 Å². The molecule has 2 aromatic rings. The highest BCUT2D eigenvalue weighted by atomic mass is 19.1. The Morgan fingerprint density at radius 1 is 1.08 bits per heavy atom. The van der Waals surface area contributed by atoms with Crippen LogP contribution in [0, 0.1) is 5.82 Å². The molecule has 1 aliphatic rings. The molecule has 0 saturated heterocycles. The lowest BCUT2D eigenvalue weighted by Gasteiger charge is -2.27. The molecule has 0 radical (unpaired) electrons. The van der Waals surface area contributed by atoms with Gasteiger partial charge in [-0.15, -0.1) is 0 Å². The summed E-state index contributed by atoms with van der Waals surface area (Å²) in [6.45, 7) is 0.791. The molecule has 0 aromatic heterocycles. The number of urea groups is 1. The van der Waals surface area contributed by atoms with Crippen LogP contribution in [0.1, 0.15) is 16.7 Å². The molecule has 0 unspecified atom stereocenters. The number of ether oxygens (including phenoxy) is 1. The van der Waals surface area contributed by atoms with Crippen molar-refractivity contribution in [3.63, 3.8) is 0 Å². The van der Waals surface area contributed by atoms with Crippen molar-refractivity contribution in [2.45, 2.75) is 25.0 Å². The summed E-state index contributed by atoms with van der Waals surface area (Å²) in [4.78, 5) is 12.0. The second-order valence-electron chi connectivity index (χ2n) is 6.17. The number of nitrogens with one attached hydrogen (secondary N) is 2. The van der Waals surface area contributed by atoms with Gasteiger partial charge in [0.05, 0.1) is 5.60 Å². The van der Waals surface area contributed by atoms with Gasteiger partial charge in [-0.2, -0.15) is 0 Å². The average Bonchev–Trinajstić information content (AvgIpc) is 2.99. The van der Waals surface area contributed by atoms with E-state index in [1.54, 1.807) is 19.2 Å². The predicted octanol–water partition coefficient (Wildman–Crippen LogP) is 2.81. The SMILES string of the molecule is COC1(CNC(=O)NCc2ccc(F)cc2)Cc2ccccc2C1. The monoisotopic (exact) mass is 328 g/mol. The predicted molar refractivity (Wildman–Crippen MR) is 90.2 cm³/mol. The Bertz CT molecular complexity index is 691. The molecule has 0 fully saturated rings. The van der Waals surface area contributed by atoms with E-state index in [0.29, 0.717) is 13.1 Å². The van der Waals surface area contributed by atoms with Crippen molar-refractivity contribution in [1.29, 1.82) is 0 Å². The fourth-order valence-electron chi connectivity index (χ4n) is 3.09. The second kappa shape index (κ2) is 7.01. The zero-order valence-electron chi connectivity index (χ0n) is 13.6. The normalized spacial score (nSPS) is 14.9. The Balaban J connectivity index is 1.51. The number of halogens is 1. The van der Waals surface area contributed by atoms with Crippen molar-refractivity contribution >= 4 is 6.03 Å². The molecule has 4 nitrogen and oxygen atoms in total. The summed E-state index contributed by atoms with van der Waals surface area (Å²) in [7, 11) is 1.68. The topological polar surface area (TPSA) is 50.4 Å². The van der Waals surface area contributed by atoms with E-state index >= 15 is 0 Å². The maximum absolute atomic E-state index is 12.9. The fourth-order valence-corrected chi connectivity index (χ4v) is 3.09. The Morgan fingerprint density at radius 3 is 2.29 bits per heavy atom. The Kier molecular flexibility index (Phi) is 4.81. The number of hydrogen-bond donors (Lipinski definition) is 2. The molecule has 3 rings (SSSR count). The van der Waals surface area contributed by atoms with Gasteiger partial charge in [0.15, 0.2) is 0 Å². The maximum Gasteiger partial charge on any atom is 0.315 e. The summed E-state index contributed by atoms with van der Waals surface area (Å²) < 4.78 is 18.6. The zero-order valence-corrected chi connectivity index (χ0v) is 13.6. The van der Waals surface area contributed by atoms with Crippen molar-refractivity contribution in [2.75, 3.05) is 13.7 Å². The van der Waals surface area contributed by atoms with Crippen LogP contribution in [0.4, 0.5) is 9.18 Å². The first-order chi connectivity index (χ1) is 11.6. The van der Waals surface area contributed by atoms with Gasteiger partial charge in [-0.3, -0.25) is 0 Å². The Hall–Kier alpha value is -2.40.